The summed E-state index contributed by atoms with van der Waals surface area (Å²) in [6.45, 7) is 4.44. The van der Waals surface area contributed by atoms with Gasteiger partial charge in [-0.3, -0.25) is 0 Å². The monoisotopic (exact) mass is 414 g/mol. The van der Waals surface area contributed by atoms with Crippen molar-refractivity contribution in [1.29, 1.82) is 5.41 Å². The predicted molar refractivity (Wildman–Crippen MR) is 119 cm³/mol. The molecule has 2 bridgehead atoms. The second kappa shape index (κ2) is 8.91. The largest absolute Gasteiger partial charge is 0.377 e. The van der Waals surface area contributed by atoms with Crippen LogP contribution in [0.15, 0.2) is 18.3 Å². The number of nitrogens with one attached hydrogen (secondary N) is 4. The summed E-state index contributed by atoms with van der Waals surface area (Å²) in [5, 5.41) is 11.6. The lowest BCUT2D eigenvalue weighted by atomic mass is 9.86. The molecule has 1 aromatic heterocycles. The van der Waals surface area contributed by atoms with Crippen molar-refractivity contribution in [2.24, 2.45) is 0 Å². The zero-order chi connectivity index (χ0) is 19.8. The molecule has 0 aromatic carbocycles. The summed E-state index contributed by atoms with van der Waals surface area (Å²) in [6.07, 6.45) is 10.4. The van der Waals surface area contributed by atoms with E-state index in [1.165, 1.54) is 11.8 Å². The summed E-state index contributed by atoms with van der Waals surface area (Å²) in [4.78, 5) is 7.29. The van der Waals surface area contributed by atoms with E-state index < -0.39 is 0 Å². The number of rotatable bonds is 5. The average molecular weight is 415 g/mol. The maximum Gasteiger partial charge on any atom is 0.139 e. The summed E-state index contributed by atoms with van der Waals surface area (Å²) >= 11 is 0. The molecule has 4 N–H and O–H groups in total. The Labute approximate surface area is 178 Å². The first-order valence-corrected chi connectivity index (χ1v) is 10.7. The number of hydrazine groups is 1. The molecule has 0 saturated carbocycles. The first-order chi connectivity index (χ1) is 14.2. The molecule has 4 unspecified atom stereocenters. The van der Waals surface area contributed by atoms with Gasteiger partial charge in [0.1, 0.15) is 17.8 Å². The molecular weight excluding hydrogens is 380 g/mol. The SMILES string of the molecule is C.CC1COCCN1c1cc(C2CC3CCC(C2)O3)c(C=N)c(NC2C=CNN2)n1. The number of nitrogens with zero attached hydrogens (tertiary/aromatic N) is 2. The maximum absolute atomic E-state index is 8.16. The van der Waals surface area contributed by atoms with Crippen LogP contribution in [-0.4, -0.2) is 55.4 Å². The van der Waals surface area contributed by atoms with Crippen LogP contribution >= 0.6 is 0 Å². The zero-order valence-electron chi connectivity index (χ0n) is 16.9. The van der Waals surface area contributed by atoms with Gasteiger partial charge < -0.3 is 30.5 Å². The Kier molecular flexibility index (Phi) is 6.26. The van der Waals surface area contributed by atoms with Crippen molar-refractivity contribution in [3.8, 4) is 0 Å². The van der Waals surface area contributed by atoms with Crippen LogP contribution in [0.5, 0.6) is 0 Å². The van der Waals surface area contributed by atoms with Crippen molar-refractivity contribution in [3.63, 3.8) is 0 Å². The third-order valence-electron chi connectivity index (χ3n) is 6.52. The van der Waals surface area contributed by atoms with Crippen molar-refractivity contribution in [3.05, 3.63) is 29.5 Å². The van der Waals surface area contributed by atoms with Crippen molar-refractivity contribution in [1.82, 2.24) is 15.8 Å². The van der Waals surface area contributed by atoms with E-state index in [0.29, 0.717) is 31.3 Å². The van der Waals surface area contributed by atoms with Crippen molar-refractivity contribution >= 4 is 17.9 Å². The molecule has 30 heavy (non-hydrogen) atoms. The third-order valence-corrected chi connectivity index (χ3v) is 6.52. The standard InChI is InChI=1S/C21H30N6O2.CH4/c1-13-12-28-7-6-27(13)20-10-17(14-8-15-2-3-16(9-14)29-15)18(11-22)21(25-20)24-19-4-5-23-26-19;/h4-5,10-11,13-16,19,22-23,26H,2-3,6-9,12H2,1H3,(H,24,25);1H4. The first-order valence-electron chi connectivity index (χ1n) is 10.7. The minimum atomic E-state index is -0.0581. The summed E-state index contributed by atoms with van der Waals surface area (Å²) in [5.74, 6) is 2.13. The van der Waals surface area contributed by atoms with E-state index in [1.54, 1.807) is 0 Å². The zero-order valence-corrected chi connectivity index (χ0v) is 16.9. The minimum Gasteiger partial charge on any atom is -0.377 e. The van der Waals surface area contributed by atoms with E-state index in [0.717, 1.165) is 49.4 Å². The van der Waals surface area contributed by atoms with E-state index in [2.05, 4.69) is 34.1 Å². The molecule has 3 fully saturated rings. The molecule has 8 nitrogen and oxygen atoms in total. The third kappa shape index (κ3) is 4.04. The highest BCUT2D eigenvalue weighted by Gasteiger charge is 2.37. The number of anilines is 2. The van der Waals surface area contributed by atoms with E-state index in [-0.39, 0.29) is 19.6 Å². The minimum absolute atomic E-state index is 0. The van der Waals surface area contributed by atoms with E-state index in [4.69, 9.17) is 19.9 Å². The van der Waals surface area contributed by atoms with Crippen LogP contribution in [0.1, 0.15) is 57.1 Å². The number of hydrogen-bond donors (Lipinski definition) is 4. The topological polar surface area (TPSA) is 94.5 Å². The number of ether oxygens (including phenoxy) is 2. The molecule has 0 aliphatic carbocycles. The number of hydrogen-bond acceptors (Lipinski definition) is 8. The van der Waals surface area contributed by atoms with Gasteiger partial charge in [-0.25, -0.2) is 10.4 Å². The predicted octanol–water partition coefficient (Wildman–Crippen LogP) is 2.72. The molecule has 3 saturated heterocycles. The second-order valence-electron chi connectivity index (χ2n) is 8.49. The Morgan fingerprint density at radius 3 is 2.77 bits per heavy atom. The molecule has 1 aromatic rings. The molecular formula is C22H34N6O2. The Bertz CT molecular complexity index is 788. The van der Waals surface area contributed by atoms with Crippen LogP contribution in [0, 0.1) is 5.41 Å². The molecule has 5 heterocycles. The number of fused-ring (bicyclic) bond motifs is 2. The number of aromatic nitrogens is 1. The smallest absolute Gasteiger partial charge is 0.139 e. The fourth-order valence-corrected chi connectivity index (χ4v) is 5.05. The van der Waals surface area contributed by atoms with Crippen molar-refractivity contribution < 1.29 is 9.47 Å². The molecule has 8 heteroatoms. The first kappa shape index (κ1) is 21.1. The lowest BCUT2D eigenvalue weighted by Crippen LogP contribution is -2.44. The highest BCUT2D eigenvalue weighted by atomic mass is 16.5. The van der Waals surface area contributed by atoms with Crippen molar-refractivity contribution in [2.45, 2.75) is 70.4 Å². The van der Waals surface area contributed by atoms with Gasteiger partial charge >= 0.3 is 0 Å². The molecule has 4 aliphatic rings. The second-order valence-corrected chi connectivity index (χ2v) is 8.49. The van der Waals surface area contributed by atoms with Crippen LogP contribution in [0.25, 0.3) is 0 Å². The summed E-state index contributed by atoms with van der Waals surface area (Å²) in [5.41, 5.74) is 8.25. The molecule has 0 spiro atoms. The van der Waals surface area contributed by atoms with E-state index in [9.17, 15) is 0 Å². The van der Waals surface area contributed by atoms with Crippen LogP contribution in [-0.2, 0) is 9.47 Å². The quantitative estimate of drug-likeness (QED) is 0.550. The number of morpholine rings is 1. The van der Waals surface area contributed by atoms with Gasteiger partial charge in [0.2, 0.25) is 0 Å². The fourth-order valence-electron chi connectivity index (χ4n) is 5.05. The highest BCUT2D eigenvalue weighted by Crippen LogP contribution is 2.43. The van der Waals surface area contributed by atoms with Gasteiger partial charge in [-0.15, -0.1) is 0 Å². The van der Waals surface area contributed by atoms with Crippen LogP contribution < -0.4 is 21.1 Å². The van der Waals surface area contributed by atoms with Crippen LogP contribution in [0.2, 0.25) is 0 Å². The summed E-state index contributed by atoms with van der Waals surface area (Å²) in [6, 6.07) is 2.50. The van der Waals surface area contributed by atoms with Gasteiger partial charge in [-0.05, 0) is 56.2 Å². The van der Waals surface area contributed by atoms with Gasteiger partial charge in [0.05, 0.1) is 31.5 Å². The normalized spacial score (nSPS) is 32.4. The van der Waals surface area contributed by atoms with Crippen LogP contribution in [0.4, 0.5) is 11.6 Å². The van der Waals surface area contributed by atoms with Crippen molar-refractivity contribution in [2.75, 3.05) is 30.0 Å². The van der Waals surface area contributed by atoms with Gasteiger partial charge in [-0.2, -0.15) is 0 Å². The maximum atomic E-state index is 8.16. The van der Waals surface area contributed by atoms with Crippen LogP contribution in [0.3, 0.4) is 0 Å². The molecule has 0 radical (unpaired) electrons. The Hall–Kier alpha value is -2.16. The Morgan fingerprint density at radius 2 is 2.10 bits per heavy atom. The van der Waals surface area contributed by atoms with Gasteiger partial charge in [0, 0.05) is 24.5 Å². The lowest BCUT2D eigenvalue weighted by Gasteiger charge is -2.36. The summed E-state index contributed by atoms with van der Waals surface area (Å²) in [7, 11) is 0. The van der Waals surface area contributed by atoms with Gasteiger partial charge in [0.25, 0.3) is 0 Å². The molecule has 5 rings (SSSR count). The lowest BCUT2D eigenvalue weighted by molar-refractivity contribution is -0.00381. The Balaban J connectivity index is 0.00000218. The average Bonchev–Trinajstić information content (AvgIpc) is 3.36. The molecule has 0 amide bonds. The molecule has 4 atom stereocenters. The molecule has 4 aliphatic heterocycles. The molecule has 164 valence electrons. The Morgan fingerprint density at radius 1 is 1.30 bits per heavy atom. The van der Waals surface area contributed by atoms with Gasteiger partial charge in [-0.1, -0.05) is 7.43 Å². The van der Waals surface area contributed by atoms with E-state index >= 15 is 0 Å². The summed E-state index contributed by atoms with van der Waals surface area (Å²) < 4.78 is 11.7. The number of pyridine rings is 1. The van der Waals surface area contributed by atoms with E-state index in [1.807, 2.05) is 12.3 Å². The highest BCUT2D eigenvalue weighted by molar-refractivity contribution is 5.88. The fraction of sp³-hybridized carbons (Fsp3) is 0.636. The van der Waals surface area contributed by atoms with Gasteiger partial charge in [0.15, 0.2) is 0 Å².